The molecule has 1 saturated heterocycles. The van der Waals surface area contributed by atoms with Gasteiger partial charge in [0.05, 0.1) is 11.3 Å². The molecule has 1 aliphatic heterocycles. The second-order valence-electron chi connectivity index (χ2n) is 4.60. The summed E-state index contributed by atoms with van der Waals surface area (Å²) in [5.74, 6) is -0.0865. The zero-order valence-corrected chi connectivity index (χ0v) is 11.7. The first kappa shape index (κ1) is 15.5. The predicted octanol–water partition coefficient (Wildman–Crippen LogP) is 1.08. The van der Waals surface area contributed by atoms with Gasteiger partial charge < -0.3 is 20.9 Å². The summed E-state index contributed by atoms with van der Waals surface area (Å²) < 4.78 is 5.75. The molecule has 1 aromatic heterocycles. The van der Waals surface area contributed by atoms with E-state index in [9.17, 15) is 4.79 Å². The molecular formula is C12H18ClN3O3. The molecule has 1 aliphatic rings. The fourth-order valence-corrected chi connectivity index (χ4v) is 2.02. The summed E-state index contributed by atoms with van der Waals surface area (Å²) in [6, 6.07) is 1.45. The first-order chi connectivity index (χ1) is 8.49. The van der Waals surface area contributed by atoms with Gasteiger partial charge in [0.1, 0.15) is 6.10 Å². The van der Waals surface area contributed by atoms with Gasteiger partial charge in [-0.15, -0.1) is 12.4 Å². The number of ether oxygens (including phenoxy) is 1. The summed E-state index contributed by atoms with van der Waals surface area (Å²) in [5, 5.41) is 12.3. The van der Waals surface area contributed by atoms with Gasteiger partial charge in [-0.1, -0.05) is 6.92 Å². The Kier molecular flexibility index (Phi) is 4.97. The standard InChI is InChI=1S/C12H17N3O3.ClH/c1-6-4-14-5-10(6)18-9-3-8(12(16)17)7(2)15-11(9)13;/h3,6,10,14H,4-5H2,1-2H3,(H2,13,15)(H,16,17);1H/t6-,10-;/m0./s1. The predicted molar refractivity (Wildman–Crippen MR) is 74.0 cm³/mol. The van der Waals surface area contributed by atoms with Crippen molar-refractivity contribution in [2.24, 2.45) is 5.92 Å². The molecule has 7 heteroatoms. The third kappa shape index (κ3) is 3.27. The number of nitrogens with zero attached hydrogens (tertiary/aromatic N) is 1. The molecule has 2 atom stereocenters. The fourth-order valence-electron chi connectivity index (χ4n) is 2.02. The van der Waals surface area contributed by atoms with Crippen molar-refractivity contribution < 1.29 is 14.6 Å². The number of pyridine rings is 1. The number of hydrogen-bond donors (Lipinski definition) is 3. The molecule has 6 nitrogen and oxygen atoms in total. The van der Waals surface area contributed by atoms with E-state index in [2.05, 4.69) is 17.2 Å². The molecule has 1 fully saturated rings. The van der Waals surface area contributed by atoms with E-state index in [1.807, 2.05) is 0 Å². The van der Waals surface area contributed by atoms with E-state index in [4.69, 9.17) is 15.6 Å². The normalized spacial score (nSPS) is 21.8. The van der Waals surface area contributed by atoms with Gasteiger partial charge in [-0.2, -0.15) is 0 Å². The number of aromatic carboxylic acids is 1. The number of halogens is 1. The van der Waals surface area contributed by atoms with Crippen LogP contribution in [0.3, 0.4) is 0 Å². The average molecular weight is 288 g/mol. The Bertz CT molecular complexity index is 482. The molecule has 0 unspecified atom stereocenters. The van der Waals surface area contributed by atoms with Gasteiger partial charge in [0.15, 0.2) is 11.6 Å². The van der Waals surface area contributed by atoms with Gasteiger partial charge in [0.25, 0.3) is 0 Å². The van der Waals surface area contributed by atoms with Gasteiger partial charge in [-0.25, -0.2) is 9.78 Å². The molecule has 0 spiro atoms. The van der Waals surface area contributed by atoms with Crippen LogP contribution in [0, 0.1) is 12.8 Å². The van der Waals surface area contributed by atoms with Crippen molar-refractivity contribution in [3.05, 3.63) is 17.3 Å². The first-order valence-corrected chi connectivity index (χ1v) is 5.87. The third-order valence-corrected chi connectivity index (χ3v) is 3.16. The van der Waals surface area contributed by atoms with Crippen LogP contribution >= 0.6 is 12.4 Å². The maximum Gasteiger partial charge on any atom is 0.337 e. The Labute approximate surface area is 117 Å². The largest absolute Gasteiger partial charge is 0.485 e. The van der Waals surface area contributed by atoms with Crippen molar-refractivity contribution in [1.29, 1.82) is 0 Å². The van der Waals surface area contributed by atoms with E-state index in [1.165, 1.54) is 6.07 Å². The zero-order valence-electron chi connectivity index (χ0n) is 10.8. The van der Waals surface area contributed by atoms with Gasteiger partial charge in [-0.3, -0.25) is 0 Å². The molecule has 0 bridgehead atoms. The lowest BCUT2D eigenvalue weighted by molar-refractivity contribution is 0.0694. The Hall–Kier alpha value is -1.53. The number of nitrogens with two attached hydrogens (primary N) is 1. The van der Waals surface area contributed by atoms with E-state index in [0.717, 1.165) is 13.1 Å². The molecule has 0 aromatic carbocycles. The van der Waals surface area contributed by atoms with E-state index >= 15 is 0 Å². The molecule has 0 radical (unpaired) electrons. The summed E-state index contributed by atoms with van der Waals surface area (Å²) in [6.07, 6.45) is -0.00143. The number of carbonyl (C=O) groups is 1. The molecule has 2 rings (SSSR count). The third-order valence-electron chi connectivity index (χ3n) is 3.16. The topological polar surface area (TPSA) is 97.5 Å². The van der Waals surface area contributed by atoms with Crippen molar-refractivity contribution in [2.75, 3.05) is 18.8 Å². The average Bonchev–Trinajstić information content (AvgIpc) is 2.67. The summed E-state index contributed by atoms with van der Waals surface area (Å²) in [6.45, 7) is 5.30. The van der Waals surface area contributed by atoms with Crippen molar-refractivity contribution in [2.45, 2.75) is 20.0 Å². The first-order valence-electron chi connectivity index (χ1n) is 5.87. The van der Waals surface area contributed by atoms with Crippen LogP contribution < -0.4 is 15.8 Å². The van der Waals surface area contributed by atoms with Crippen LogP contribution in [0.1, 0.15) is 23.0 Å². The van der Waals surface area contributed by atoms with Crippen LogP contribution in [0.2, 0.25) is 0 Å². The quantitative estimate of drug-likeness (QED) is 0.769. The molecular weight excluding hydrogens is 270 g/mol. The van der Waals surface area contributed by atoms with Crippen molar-refractivity contribution >= 4 is 24.2 Å². The second kappa shape index (κ2) is 6.08. The lowest BCUT2D eigenvalue weighted by atomic mass is 10.1. The highest BCUT2D eigenvalue weighted by atomic mass is 35.5. The Morgan fingerprint density at radius 2 is 2.26 bits per heavy atom. The van der Waals surface area contributed by atoms with E-state index in [1.54, 1.807) is 6.92 Å². The number of aryl methyl sites for hydroxylation is 1. The lowest BCUT2D eigenvalue weighted by Gasteiger charge is -2.18. The van der Waals surface area contributed by atoms with Crippen molar-refractivity contribution in [3.8, 4) is 5.75 Å². The maximum absolute atomic E-state index is 11.0. The zero-order chi connectivity index (χ0) is 13.3. The number of anilines is 1. The van der Waals surface area contributed by atoms with Crippen LogP contribution in [-0.4, -0.2) is 35.3 Å². The maximum atomic E-state index is 11.0. The van der Waals surface area contributed by atoms with Crippen molar-refractivity contribution in [1.82, 2.24) is 10.3 Å². The molecule has 2 heterocycles. The minimum atomic E-state index is -1.03. The highest BCUT2D eigenvalue weighted by molar-refractivity contribution is 5.89. The lowest BCUT2D eigenvalue weighted by Crippen LogP contribution is -2.25. The monoisotopic (exact) mass is 287 g/mol. The van der Waals surface area contributed by atoms with Crippen LogP contribution in [0.4, 0.5) is 5.82 Å². The van der Waals surface area contributed by atoms with Crippen molar-refractivity contribution in [3.63, 3.8) is 0 Å². The highest BCUT2D eigenvalue weighted by Crippen LogP contribution is 2.26. The number of carboxylic acids is 1. The summed E-state index contributed by atoms with van der Waals surface area (Å²) >= 11 is 0. The number of rotatable bonds is 3. The van der Waals surface area contributed by atoms with Gasteiger partial charge in [-0.05, 0) is 6.92 Å². The smallest absolute Gasteiger partial charge is 0.337 e. The molecule has 106 valence electrons. The fraction of sp³-hybridized carbons (Fsp3) is 0.500. The minimum absolute atomic E-state index is 0. The number of nitrogen functional groups attached to an aromatic ring is 1. The van der Waals surface area contributed by atoms with Crippen LogP contribution in [-0.2, 0) is 0 Å². The number of nitrogens with one attached hydrogen (secondary N) is 1. The Balaban J connectivity index is 0.00000180. The van der Waals surface area contributed by atoms with Crippen LogP contribution in [0.5, 0.6) is 5.75 Å². The Morgan fingerprint density at radius 1 is 1.58 bits per heavy atom. The van der Waals surface area contributed by atoms with Crippen LogP contribution in [0.15, 0.2) is 6.07 Å². The highest BCUT2D eigenvalue weighted by Gasteiger charge is 2.26. The molecule has 19 heavy (non-hydrogen) atoms. The molecule has 0 amide bonds. The second-order valence-corrected chi connectivity index (χ2v) is 4.60. The van der Waals surface area contributed by atoms with Crippen LogP contribution in [0.25, 0.3) is 0 Å². The van der Waals surface area contributed by atoms with Gasteiger partial charge >= 0.3 is 5.97 Å². The number of carboxylic acid groups (broad SMARTS) is 1. The van der Waals surface area contributed by atoms with Gasteiger partial charge in [0.2, 0.25) is 0 Å². The van der Waals surface area contributed by atoms with E-state index in [-0.39, 0.29) is 29.9 Å². The van der Waals surface area contributed by atoms with E-state index in [0.29, 0.717) is 17.4 Å². The van der Waals surface area contributed by atoms with E-state index < -0.39 is 5.97 Å². The molecule has 4 N–H and O–H groups in total. The Morgan fingerprint density at radius 3 is 2.79 bits per heavy atom. The minimum Gasteiger partial charge on any atom is -0.485 e. The van der Waals surface area contributed by atoms with Gasteiger partial charge in [0, 0.05) is 25.1 Å². The molecule has 1 aromatic rings. The summed E-state index contributed by atoms with van der Waals surface area (Å²) in [7, 11) is 0. The number of hydrogen-bond acceptors (Lipinski definition) is 5. The summed E-state index contributed by atoms with van der Waals surface area (Å²) in [4.78, 5) is 15.1. The SMILES string of the molecule is Cc1nc(N)c(O[C@H]2CNC[C@@H]2C)cc1C(=O)O.Cl. The number of aromatic nitrogens is 1. The molecule has 0 aliphatic carbocycles. The molecule has 0 saturated carbocycles. The summed E-state index contributed by atoms with van der Waals surface area (Å²) in [5.41, 5.74) is 6.28.